The van der Waals surface area contributed by atoms with Crippen molar-refractivity contribution in [2.24, 2.45) is 11.8 Å². The molecule has 2 bridgehead atoms. The standard InChI is InChI=1S/C36H42N4O5/c1-4-39(5-2)27-18-16-26(17-19-27)38-33(43)31-36-21-20-35(3,45-36)29(32(42)37-25-14-10-7-11-15-25)30(36)34(44)40(31)28(23-41)22-24-12-8-6-9-13-24/h6-19,28-31,41H,4-5,20-23H2,1-3H3,(H,37,42)(H,38,43)/t28-,29-,30+,31?,35+,36?/m1/s1. The number of carbonyl (C=O) groups is 3. The van der Waals surface area contributed by atoms with E-state index >= 15 is 0 Å². The number of para-hydroxylation sites is 1. The fourth-order valence-corrected chi connectivity index (χ4v) is 7.89. The third-order valence-electron chi connectivity index (χ3n) is 9.97. The van der Waals surface area contributed by atoms with Gasteiger partial charge in [0, 0.05) is 30.2 Å². The maximum atomic E-state index is 14.6. The second-order valence-corrected chi connectivity index (χ2v) is 12.6. The lowest BCUT2D eigenvalue weighted by molar-refractivity contribution is -0.146. The minimum atomic E-state index is -1.21. The van der Waals surface area contributed by atoms with Gasteiger partial charge in [-0.15, -0.1) is 0 Å². The molecule has 1 spiro atoms. The van der Waals surface area contributed by atoms with Crippen molar-refractivity contribution in [1.82, 2.24) is 4.90 Å². The first-order chi connectivity index (χ1) is 21.7. The number of hydrogen-bond donors (Lipinski definition) is 3. The van der Waals surface area contributed by atoms with Crippen molar-refractivity contribution in [3.05, 3.63) is 90.5 Å². The smallest absolute Gasteiger partial charge is 0.250 e. The third-order valence-corrected chi connectivity index (χ3v) is 9.97. The van der Waals surface area contributed by atoms with Crippen LogP contribution in [0.25, 0.3) is 0 Å². The van der Waals surface area contributed by atoms with Gasteiger partial charge in [0.05, 0.1) is 30.1 Å². The van der Waals surface area contributed by atoms with Crippen LogP contribution in [0.15, 0.2) is 84.9 Å². The van der Waals surface area contributed by atoms with Crippen LogP contribution in [0.3, 0.4) is 0 Å². The number of anilines is 3. The van der Waals surface area contributed by atoms with Crippen LogP contribution in [0, 0.1) is 11.8 Å². The lowest BCUT2D eigenvalue weighted by Crippen LogP contribution is -2.57. The Kier molecular flexibility index (Phi) is 8.41. The summed E-state index contributed by atoms with van der Waals surface area (Å²) in [5.74, 6) is -2.70. The summed E-state index contributed by atoms with van der Waals surface area (Å²) in [6.07, 6.45) is 1.34. The van der Waals surface area contributed by atoms with E-state index in [0.717, 1.165) is 24.3 Å². The molecule has 45 heavy (non-hydrogen) atoms. The van der Waals surface area contributed by atoms with Crippen LogP contribution in [-0.4, -0.2) is 70.7 Å². The lowest BCUT2D eigenvalue weighted by atomic mass is 9.66. The first kappa shape index (κ1) is 30.8. The highest BCUT2D eigenvalue weighted by atomic mass is 16.5. The number of rotatable bonds is 11. The summed E-state index contributed by atoms with van der Waals surface area (Å²) in [6, 6.07) is 24.7. The van der Waals surface area contributed by atoms with Gasteiger partial charge < -0.3 is 30.3 Å². The van der Waals surface area contributed by atoms with E-state index in [1.54, 1.807) is 12.1 Å². The maximum Gasteiger partial charge on any atom is 0.250 e. The van der Waals surface area contributed by atoms with Gasteiger partial charge in [-0.05, 0) is 82.0 Å². The second kappa shape index (κ2) is 12.3. The average molecular weight is 611 g/mol. The summed E-state index contributed by atoms with van der Waals surface area (Å²) in [7, 11) is 0. The Morgan fingerprint density at radius 2 is 1.51 bits per heavy atom. The molecule has 3 heterocycles. The van der Waals surface area contributed by atoms with Crippen molar-refractivity contribution in [1.29, 1.82) is 0 Å². The molecule has 6 atom stereocenters. The normalized spacial score (nSPS) is 27.2. The Morgan fingerprint density at radius 1 is 0.911 bits per heavy atom. The molecule has 3 aliphatic rings. The molecule has 0 radical (unpaired) electrons. The topological polar surface area (TPSA) is 111 Å². The van der Waals surface area contributed by atoms with Crippen LogP contribution in [0.5, 0.6) is 0 Å². The number of amides is 3. The highest BCUT2D eigenvalue weighted by Crippen LogP contribution is 2.63. The van der Waals surface area contributed by atoms with Gasteiger partial charge in [0.1, 0.15) is 11.6 Å². The number of aliphatic hydroxyl groups is 1. The summed E-state index contributed by atoms with van der Waals surface area (Å²) in [6.45, 7) is 7.45. The molecular weight excluding hydrogens is 568 g/mol. The maximum absolute atomic E-state index is 14.6. The zero-order valence-corrected chi connectivity index (χ0v) is 26.1. The highest BCUT2D eigenvalue weighted by Gasteiger charge is 2.78. The SMILES string of the molecule is CCN(CC)c1ccc(NC(=O)C2N([C@@H](CO)Cc3ccccc3)C(=O)[C@@H]3[C@H](C(=O)Nc4ccccc4)[C@]4(C)CCC23O4)cc1. The van der Waals surface area contributed by atoms with Gasteiger partial charge in [-0.25, -0.2) is 0 Å². The molecule has 3 aromatic carbocycles. The number of carbonyl (C=O) groups excluding carboxylic acids is 3. The predicted molar refractivity (Wildman–Crippen MR) is 174 cm³/mol. The van der Waals surface area contributed by atoms with Crippen LogP contribution in [-0.2, 0) is 25.5 Å². The van der Waals surface area contributed by atoms with Crippen molar-refractivity contribution >= 4 is 34.8 Å². The molecule has 2 unspecified atom stereocenters. The number of likely N-dealkylation sites (tertiary alicyclic amines) is 1. The van der Waals surface area contributed by atoms with E-state index in [2.05, 4.69) is 29.4 Å². The number of aliphatic hydroxyl groups excluding tert-OH is 1. The molecule has 3 saturated heterocycles. The molecule has 3 aromatic rings. The van der Waals surface area contributed by atoms with Gasteiger partial charge >= 0.3 is 0 Å². The van der Waals surface area contributed by atoms with Gasteiger partial charge in [-0.1, -0.05) is 48.5 Å². The zero-order valence-electron chi connectivity index (χ0n) is 26.1. The van der Waals surface area contributed by atoms with E-state index in [-0.39, 0.29) is 24.3 Å². The molecule has 236 valence electrons. The van der Waals surface area contributed by atoms with Crippen molar-refractivity contribution in [2.45, 2.75) is 63.3 Å². The van der Waals surface area contributed by atoms with E-state index < -0.39 is 35.1 Å². The molecule has 0 saturated carbocycles. The third kappa shape index (κ3) is 5.38. The number of nitrogens with zero attached hydrogens (tertiary/aromatic N) is 2. The van der Waals surface area contributed by atoms with Crippen molar-refractivity contribution in [3.63, 3.8) is 0 Å². The molecular formula is C36H42N4O5. The van der Waals surface area contributed by atoms with E-state index in [0.29, 0.717) is 30.6 Å². The summed E-state index contributed by atoms with van der Waals surface area (Å²) in [5.41, 5.74) is 1.09. The molecule has 9 nitrogen and oxygen atoms in total. The van der Waals surface area contributed by atoms with Crippen LogP contribution in [0.1, 0.15) is 39.2 Å². The number of benzene rings is 3. The Bertz CT molecular complexity index is 1530. The van der Waals surface area contributed by atoms with Gasteiger partial charge in [0.2, 0.25) is 17.7 Å². The Morgan fingerprint density at radius 3 is 2.13 bits per heavy atom. The van der Waals surface area contributed by atoms with Crippen LogP contribution < -0.4 is 15.5 Å². The van der Waals surface area contributed by atoms with Crippen molar-refractivity contribution in [2.75, 3.05) is 35.2 Å². The first-order valence-corrected chi connectivity index (χ1v) is 15.9. The summed E-state index contributed by atoms with van der Waals surface area (Å²) >= 11 is 0. The van der Waals surface area contributed by atoms with Crippen LogP contribution in [0.4, 0.5) is 17.1 Å². The van der Waals surface area contributed by atoms with E-state index in [1.165, 1.54) is 4.90 Å². The Hall–Kier alpha value is -4.21. The molecule has 3 fully saturated rings. The highest BCUT2D eigenvalue weighted by molar-refractivity contribution is 6.05. The monoisotopic (exact) mass is 610 g/mol. The molecule has 0 aliphatic carbocycles. The van der Waals surface area contributed by atoms with Crippen LogP contribution in [0.2, 0.25) is 0 Å². The minimum Gasteiger partial charge on any atom is -0.394 e. The largest absolute Gasteiger partial charge is 0.394 e. The average Bonchev–Trinajstić information content (AvgIpc) is 3.62. The minimum absolute atomic E-state index is 0.305. The number of fused-ring (bicyclic) bond motifs is 1. The van der Waals surface area contributed by atoms with Gasteiger partial charge in [0.25, 0.3) is 0 Å². The fraction of sp³-hybridized carbons (Fsp3) is 0.417. The van der Waals surface area contributed by atoms with Crippen molar-refractivity contribution in [3.8, 4) is 0 Å². The molecule has 9 heteroatoms. The molecule has 3 N–H and O–H groups in total. The molecule has 0 aromatic heterocycles. The quantitative estimate of drug-likeness (QED) is 0.295. The van der Waals surface area contributed by atoms with Gasteiger partial charge in [-0.3, -0.25) is 14.4 Å². The van der Waals surface area contributed by atoms with Crippen molar-refractivity contribution < 1.29 is 24.2 Å². The number of nitrogens with one attached hydrogen (secondary N) is 2. The molecule has 3 aliphatic heterocycles. The lowest BCUT2D eigenvalue weighted by Gasteiger charge is -2.37. The number of hydrogen-bond acceptors (Lipinski definition) is 6. The Balaban J connectivity index is 1.36. The summed E-state index contributed by atoms with van der Waals surface area (Å²) in [5, 5.41) is 16.7. The van der Waals surface area contributed by atoms with Gasteiger partial charge in [0.15, 0.2) is 0 Å². The number of ether oxygens (including phenoxy) is 1. The van der Waals surface area contributed by atoms with Crippen LogP contribution >= 0.6 is 0 Å². The van der Waals surface area contributed by atoms with E-state index in [4.69, 9.17) is 4.74 Å². The first-order valence-electron chi connectivity index (χ1n) is 15.9. The summed E-state index contributed by atoms with van der Waals surface area (Å²) in [4.78, 5) is 46.6. The van der Waals surface area contributed by atoms with E-state index in [9.17, 15) is 19.5 Å². The Labute approximate surface area is 264 Å². The predicted octanol–water partition coefficient (Wildman–Crippen LogP) is 4.48. The summed E-state index contributed by atoms with van der Waals surface area (Å²) < 4.78 is 6.77. The second-order valence-electron chi connectivity index (χ2n) is 12.6. The fourth-order valence-electron chi connectivity index (χ4n) is 7.89. The zero-order chi connectivity index (χ0) is 31.8. The van der Waals surface area contributed by atoms with E-state index in [1.807, 2.05) is 79.7 Å². The molecule has 6 rings (SSSR count). The molecule has 3 amide bonds. The van der Waals surface area contributed by atoms with Gasteiger partial charge in [-0.2, -0.15) is 0 Å².